The molecule has 1 fully saturated rings. The molecule has 28 heavy (non-hydrogen) atoms. The van der Waals surface area contributed by atoms with Gasteiger partial charge in [-0.25, -0.2) is 13.1 Å². The van der Waals surface area contributed by atoms with Crippen LogP contribution in [-0.2, 0) is 21.8 Å². The molecule has 2 aliphatic rings. The monoisotopic (exact) mass is 407 g/mol. The van der Waals surface area contributed by atoms with Crippen LogP contribution in [0.5, 0.6) is 11.5 Å². The van der Waals surface area contributed by atoms with Gasteiger partial charge in [0.05, 0.1) is 24.2 Å². The molecular weight excluding hydrogens is 382 g/mol. The van der Waals surface area contributed by atoms with Crippen LogP contribution in [0.2, 0.25) is 0 Å². The lowest BCUT2D eigenvalue weighted by molar-refractivity contribution is 0.0158. The Morgan fingerprint density at radius 3 is 2.54 bits per heavy atom. The van der Waals surface area contributed by atoms with Crippen molar-refractivity contribution in [3.8, 4) is 11.5 Å². The predicted octanol–water partition coefficient (Wildman–Crippen LogP) is 1.15. The Morgan fingerprint density at radius 1 is 1.07 bits per heavy atom. The minimum absolute atomic E-state index is 0.0733. The van der Waals surface area contributed by atoms with Crippen LogP contribution in [-0.4, -0.2) is 63.9 Å². The van der Waals surface area contributed by atoms with Crippen LogP contribution >= 0.6 is 0 Å². The average Bonchev–Trinajstić information content (AvgIpc) is 3.14. The van der Waals surface area contributed by atoms with E-state index in [1.54, 1.807) is 12.1 Å². The van der Waals surface area contributed by atoms with Crippen molar-refractivity contribution >= 4 is 10.0 Å². The molecule has 1 aromatic carbocycles. The first kappa shape index (κ1) is 19.3. The number of nitrogens with one attached hydrogen (secondary N) is 1. The van der Waals surface area contributed by atoms with E-state index >= 15 is 0 Å². The number of morpholine rings is 1. The number of ether oxygens (including phenoxy) is 3. The molecule has 4 rings (SSSR count). The fraction of sp³-hybridized carbons (Fsp3) is 0.474. The minimum atomic E-state index is -3.68. The second-order valence-electron chi connectivity index (χ2n) is 6.87. The summed E-state index contributed by atoms with van der Waals surface area (Å²) < 4.78 is 47.0. The molecule has 1 saturated heterocycles. The molecule has 0 bridgehead atoms. The van der Waals surface area contributed by atoms with Crippen molar-refractivity contribution in [1.29, 1.82) is 0 Å². The van der Waals surface area contributed by atoms with Gasteiger partial charge in [-0.2, -0.15) is 0 Å². The predicted molar refractivity (Wildman–Crippen MR) is 103 cm³/mol. The Hall–Kier alpha value is -2.07. The highest BCUT2D eigenvalue weighted by Crippen LogP contribution is 2.32. The molecule has 0 aliphatic carbocycles. The van der Waals surface area contributed by atoms with Gasteiger partial charge in [0.2, 0.25) is 10.0 Å². The zero-order valence-electron chi connectivity index (χ0n) is 15.8. The van der Waals surface area contributed by atoms with E-state index in [-0.39, 0.29) is 17.5 Å². The lowest BCUT2D eigenvalue weighted by Crippen LogP contribution is -2.44. The standard InChI is InChI=1S/C19H25N3O5S/c1-21-6-2-3-16(21)17(22-7-9-25-10-8-22)14-20-28(23,24)15-4-5-18-19(13-15)27-12-11-26-18/h2-6,13,17,20H,7-12,14H2,1H3/t17-/m0/s1. The van der Waals surface area contributed by atoms with Gasteiger partial charge in [-0.3, -0.25) is 4.90 Å². The Morgan fingerprint density at radius 2 is 1.82 bits per heavy atom. The summed E-state index contributed by atoms with van der Waals surface area (Å²) in [5.74, 6) is 1.03. The molecule has 3 heterocycles. The fourth-order valence-corrected chi connectivity index (χ4v) is 4.65. The average molecular weight is 407 g/mol. The molecule has 2 aromatic rings. The Balaban J connectivity index is 1.53. The molecule has 1 atom stereocenters. The van der Waals surface area contributed by atoms with Crippen LogP contribution < -0.4 is 14.2 Å². The second-order valence-corrected chi connectivity index (χ2v) is 8.63. The second kappa shape index (κ2) is 8.12. The maximum absolute atomic E-state index is 12.9. The molecule has 0 unspecified atom stereocenters. The van der Waals surface area contributed by atoms with E-state index in [4.69, 9.17) is 14.2 Å². The molecule has 0 amide bonds. The van der Waals surface area contributed by atoms with Gasteiger partial charge >= 0.3 is 0 Å². The van der Waals surface area contributed by atoms with Crippen LogP contribution in [0.15, 0.2) is 41.4 Å². The quantitative estimate of drug-likeness (QED) is 0.774. The smallest absolute Gasteiger partial charge is 0.240 e. The SMILES string of the molecule is Cn1cccc1[C@H](CNS(=O)(=O)c1ccc2c(c1)OCCO2)N1CCOCC1. The van der Waals surface area contributed by atoms with Gasteiger partial charge in [0.25, 0.3) is 0 Å². The minimum Gasteiger partial charge on any atom is -0.486 e. The Labute approximate surface area is 165 Å². The number of sulfonamides is 1. The number of nitrogens with zero attached hydrogens (tertiary/aromatic N) is 2. The fourth-order valence-electron chi connectivity index (χ4n) is 3.59. The zero-order valence-corrected chi connectivity index (χ0v) is 16.7. The lowest BCUT2D eigenvalue weighted by Gasteiger charge is -2.34. The topological polar surface area (TPSA) is 82.0 Å². The molecular formula is C19H25N3O5S. The lowest BCUT2D eigenvalue weighted by atomic mass is 10.1. The summed E-state index contributed by atoms with van der Waals surface area (Å²) in [6.07, 6.45) is 1.97. The zero-order chi connectivity index (χ0) is 19.6. The highest BCUT2D eigenvalue weighted by molar-refractivity contribution is 7.89. The van der Waals surface area contributed by atoms with Crippen molar-refractivity contribution in [3.05, 3.63) is 42.2 Å². The third-order valence-electron chi connectivity index (χ3n) is 5.10. The summed E-state index contributed by atoms with van der Waals surface area (Å²) in [6.45, 7) is 3.98. The van der Waals surface area contributed by atoms with Crippen molar-refractivity contribution in [2.75, 3.05) is 46.1 Å². The number of fused-ring (bicyclic) bond motifs is 1. The Bertz CT molecular complexity index is 921. The van der Waals surface area contributed by atoms with Gasteiger partial charge in [-0.15, -0.1) is 0 Å². The summed E-state index contributed by atoms with van der Waals surface area (Å²) >= 11 is 0. The van der Waals surface area contributed by atoms with Gasteiger partial charge in [0.15, 0.2) is 11.5 Å². The van der Waals surface area contributed by atoms with Gasteiger partial charge < -0.3 is 18.8 Å². The first-order valence-corrected chi connectivity index (χ1v) is 10.9. The molecule has 2 aliphatic heterocycles. The summed E-state index contributed by atoms with van der Waals surface area (Å²) in [5, 5.41) is 0. The van der Waals surface area contributed by atoms with E-state index in [1.807, 2.05) is 29.9 Å². The van der Waals surface area contributed by atoms with Crippen molar-refractivity contribution in [2.24, 2.45) is 7.05 Å². The maximum atomic E-state index is 12.9. The van der Waals surface area contributed by atoms with Crippen LogP contribution in [0, 0.1) is 0 Å². The number of hydrogen-bond donors (Lipinski definition) is 1. The summed E-state index contributed by atoms with van der Waals surface area (Å²) in [6, 6.07) is 8.62. The van der Waals surface area contributed by atoms with Gasteiger partial charge in [-0.1, -0.05) is 0 Å². The van der Waals surface area contributed by atoms with Crippen LogP contribution in [0.25, 0.3) is 0 Å². The molecule has 0 saturated carbocycles. The number of aryl methyl sites for hydroxylation is 1. The van der Waals surface area contributed by atoms with Crippen LogP contribution in [0.1, 0.15) is 11.7 Å². The van der Waals surface area contributed by atoms with Crippen molar-refractivity contribution in [1.82, 2.24) is 14.2 Å². The van der Waals surface area contributed by atoms with Crippen LogP contribution in [0.3, 0.4) is 0 Å². The van der Waals surface area contributed by atoms with Crippen molar-refractivity contribution < 1.29 is 22.6 Å². The maximum Gasteiger partial charge on any atom is 0.240 e. The molecule has 0 radical (unpaired) electrons. The third-order valence-corrected chi connectivity index (χ3v) is 6.52. The number of rotatable bonds is 6. The van der Waals surface area contributed by atoms with Gasteiger partial charge in [-0.05, 0) is 24.3 Å². The molecule has 152 valence electrons. The highest BCUT2D eigenvalue weighted by atomic mass is 32.2. The third kappa shape index (κ3) is 4.02. The highest BCUT2D eigenvalue weighted by Gasteiger charge is 2.27. The van der Waals surface area contributed by atoms with E-state index in [0.717, 1.165) is 18.8 Å². The van der Waals surface area contributed by atoms with E-state index in [0.29, 0.717) is 37.9 Å². The largest absolute Gasteiger partial charge is 0.486 e. The van der Waals surface area contributed by atoms with Gasteiger partial charge in [0.1, 0.15) is 13.2 Å². The first-order valence-electron chi connectivity index (χ1n) is 9.37. The summed E-state index contributed by atoms with van der Waals surface area (Å²) in [5.41, 5.74) is 1.06. The first-order chi connectivity index (χ1) is 13.5. The molecule has 8 nitrogen and oxygen atoms in total. The number of benzene rings is 1. The number of hydrogen-bond acceptors (Lipinski definition) is 6. The van der Waals surface area contributed by atoms with Crippen LogP contribution in [0.4, 0.5) is 0 Å². The van der Waals surface area contributed by atoms with E-state index in [9.17, 15) is 8.42 Å². The van der Waals surface area contributed by atoms with E-state index < -0.39 is 10.0 Å². The normalized spacial score (nSPS) is 18.8. The number of aromatic nitrogens is 1. The van der Waals surface area contributed by atoms with Crippen molar-refractivity contribution in [2.45, 2.75) is 10.9 Å². The summed E-state index contributed by atoms with van der Waals surface area (Å²) in [7, 11) is -1.71. The van der Waals surface area contributed by atoms with E-state index in [2.05, 4.69) is 9.62 Å². The molecule has 1 aromatic heterocycles. The van der Waals surface area contributed by atoms with Crippen molar-refractivity contribution in [3.63, 3.8) is 0 Å². The summed E-state index contributed by atoms with van der Waals surface area (Å²) in [4.78, 5) is 2.43. The molecule has 9 heteroatoms. The van der Waals surface area contributed by atoms with Gasteiger partial charge in [0, 0.05) is 44.6 Å². The molecule has 1 N–H and O–H groups in total. The molecule has 0 spiro atoms. The Kier molecular flexibility index (Phi) is 5.58. The van der Waals surface area contributed by atoms with E-state index in [1.165, 1.54) is 6.07 Å².